The first kappa shape index (κ1) is 31.4. The Hall–Kier alpha value is -4.51. The lowest BCUT2D eigenvalue weighted by Gasteiger charge is -2.44. The molecule has 1 unspecified atom stereocenters. The van der Waals surface area contributed by atoms with Crippen LogP contribution in [0.4, 0.5) is 30.6 Å². The number of piperazine rings is 1. The van der Waals surface area contributed by atoms with E-state index in [1.807, 2.05) is 23.9 Å². The van der Waals surface area contributed by atoms with E-state index < -0.39 is 23.5 Å². The molecule has 1 aromatic carbocycles. The van der Waals surface area contributed by atoms with Crippen molar-refractivity contribution in [3.8, 4) is 6.07 Å². The Morgan fingerprint density at radius 2 is 1.91 bits per heavy atom. The van der Waals surface area contributed by atoms with Gasteiger partial charge in [-0.1, -0.05) is 18.7 Å². The molecule has 2 aliphatic heterocycles. The van der Waals surface area contributed by atoms with Crippen molar-refractivity contribution in [3.05, 3.63) is 53.2 Å². The minimum absolute atomic E-state index is 0.0438. The second-order valence-electron chi connectivity index (χ2n) is 10.7. The van der Waals surface area contributed by atoms with Crippen LogP contribution in [0.25, 0.3) is 0 Å². The van der Waals surface area contributed by atoms with E-state index >= 15 is 0 Å². The van der Waals surface area contributed by atoms with Crippen molar-refractivity contribution in [2.75, 3.05) is 61.6 Å². The average Bonchev–Trinajstić information content (AvgIpc) is 2.92. The van der Waals surface area contributed by atoms with E-state index in [9.17, 15) is 28.0 Å². The molecule has 0 bridgehead atoms. The zero-order chi connectivity index (χ0) is 31.5. The van der Waals surface area contributed by atoms with E-state index in [0.717, 1.165) is 0 Å². The van der Waals surface area contributed by atoms with Crippen LogP contribution in [-0.2, 0) is 15.8 Å². The minimum Gasteiger partial charge on any atom is -0.352 e. The Bertz CT molecular complexity index is 1450. The van der Waals surface area contributed by atoms with Crippen LogP contribution in [0.2, 0.25) is 0 Å². The van der Waals surface area contributed by atoms with Gasteiger partial charge in [-0.15, -0.1) is 0 Å². The SMILES string of the molecule is C=CC(=O)N1CCN(c2nc(N3CC(N(C)C)C3)nc(C)c2/C=N\N(C=O)c2cccc(C)c2C(F)(F)F)CC1CC#N. The molecule has 228 valence electrons. The van der Waals surface area contributed by atoms with Gasteiger partial charge >= 0.3 is 6.18 Å². The van der Waals surface area contributed by atoms with E-state index in [0.29, 0.717) is 60.3 Å². The highest BCUT2D eigenvalue weighted by atomic mass is 19.4. The maximum Gasteiger partial charge on any atom is 0.418 e. The molecule has 0 radical (unpaired) electrons. The molecule has 4 rings (SSSR count). The van der Waals surface area contributed by atoms with Gasteiger partial charge in [-0.05, 0) is 45.6 Å². The number of nitriles is 1. The standard InChI is InChI=1S/C29H34F3N9O2/c1-6-25(43)40-13-12-38(15-21(40)10-11-33)27-23(20(3)35-28(36-27)39-16-22(17-39)37(4)5)14-34-41(18-42)24-9-7-8-19(2)26(24)29(30,31)32/h6-9,14,18,21-22H,1,10,12-13,15-17H2,2-5H3/b34-14-. The maximum absolute atomic E-state index is 13.9. The highest BCUT2D eigenvalue weighted by molar-refractivity contribution is 5.91. The summed E-state index contributed by atoms with van der Waals surface area (Å²) in [4.78, 5) is 41.6. The molecule has 2 aliphatic rings. The summed E-state index contributed by atoms with van der Waals surface area (Å²) < 4.78 is 41.7. The van der Waals surface area contributed by atoms with Crippen LogP contribution in [0.1, 0.15) is 28.8 Å². The Morgan fingerprint density at radius 1 is 1.19 bits per heavy atom. The zero-order valence-corrected chi connectivity index (χ0v) is 24.5. The van der Waals surface area contributed by atoms with Gasteiger partial charge in [-0.3, -0.25) is 9.59 Å². The summed E-state index contributed by atoms with van der Waals surface area (Å²) in [6, 6.07) is 5.95. The van der Waals surface area contributed by atoms with Crippen LogP contribution in [0, 0.1) is 25.2 Å². The summed E-state index contributed by atoms with van der Waals surface area (Å²) in [5.41, 5.74) is -0.502. The third-order valence-corrected chi connectivity index (χ3v) is 7.74. The molecule has 14 heteroatoms. The third kappa shape index (κ3) is 6.61. The molecule has 0 aliphatic carbocycles. The van der Waals surface area contributed by atoms with Crippen LogP contribution >= 0.6 is 0 Å². The molecule has 1 atom stereocenters. The predicted octanol–water partition coefficient (Wildman–Crippen LogP) is 2.98. The Morgan fingerprint density at radius 3 is 2.51 bits per heavy atom. The fourth-order valence-corrected chi connectivity index (χ4v) is 5.24. The van der Waals surface area contributed by atoms with Gasteiger partial charge in [0.1, 0.15) is 5.82 Å². The zero-order valence-electron chi connectivity index (χ0n) is 24.5. The number of carbonyl (C=O) groups excluding carboxylic acids is 2. The molecule has 43 heavy (non-hydrogen) atoms. The van der Waals surface area contributed by atoms with Crippen molar-refractivity contribution >= 4 is 36.0 Å². The lowest BCUT2D eigenvalue weighted by molar-refractivity contribution is -0.137. The van der Waals surface area contributed by atoms with Gasteiger partial charge in [-0.2, -0.15) is 28.5 Å². The first-order valence-electron chi connectivity index (χ1n) is 13.7. The number of aryl methyl sites for hydroxylation is 2. The van der Waals surface area contributed by atoms with Gasteiger partial charge in [-0.25, -0.2) is 9.99 Å². The summed E-state index contributed by atoms with van der Waals surface area (Å²) in [6.45, 7) is 8.99. The molecule has 0 N–H and O–H groups in total. The summed E-state index contributed by atoms with van der Waals surface area (Å²) >= 11 is 0. The number of nitrogens with zero attached hydrogens (tertiary/aromatic N) is 9. The molecular formula is C29H34F3N9O2. The predicted molar refractivity (Wildman–Crippen MR) is 157 cm³/mol. The van der Waals surface area contributed by atoms with E-state index in [1.54, 1.807) is 11.8 Å². The van der Waals surface area contributed by atoms with Crippen LogP contribution in [0.5, 0.6) is 0 Å². The number of hydrazone groups is 1. The monoisotopic (exact) mass is 597 g/mol. The van der Waals surface area contributed by atoms with Crippen LogP contribution in [-0.4, -0.2) is 97.2 Å². The smallest absolute Gasteiger partial charge is 0.352 e. The van der Waals surface area contributed by atoms with Crippen LogP contribution < -0.4 is 14.8 Å². The number of hydrogen-bond acceptors (Lipinski definition) is 9. The van der Waals surface area contributed by atoms with E-state index in [2.05, 4.69) is 27.6 Å². The van der Waals surface area contributed by atoms with E-state index in [1.165, 1.54) is 37.4 Å². The summed E-state index contributed by atoms with van der Waals surface area (Å²) in [5.74, 6) is 0.644. The molecule has 0 saturated carbocycles. The Balaban J connectivity index is 1.76. The van der Waals surface area contributed by atoms with Crippen LogP contribution in [0.15, 0.2) is 36.0 Å². The topological polar surface area (TPSA) is 112 Å². The number of aromatic nitrogens is 2. The fourth-order valence-electron chi connectivity index (χ4n) is 5.24. The fraction of sp³-hybridized carbons (Fsp3) is 0.448. The number of alkyl halides is 3. The quantitative estimate of drug-likeness (QED) is 0.188. The second-order valence-corrected chi connectivity index (χ2v) is 10.7. The molecule has 2 saturated heterocycles. The molecule has 0 spiro atoms. The van der Waals surface area contributed by atoms with Gasteiger partial charge in [0.15, 0.2) is 0 Å². The molecule has 2 amide bonds. The first-order valence-corrected chi connectivity index (χ1v) is 13.7. The highest BCUT2D eigenvalue weighted by Crippen LogP contribution is 2.39. The number of anilines is 3. The van der Waals surface area contributed by atoms with Crippen molar-refractivity contribution in [2.24, 2.45) is 5.10 Å². The summed E-state index contributed by atoms with van der Waals surface area (Å²) in [7, 11) is 3.99. The molecule has 2 fully saturated rings. The largest absolute Gasteiger partial charge is 0.418 e. The van der Waals surface area contributed by atoms with Gasteiger partial charge < -0.3 is 19.6 Å². The lowest BCUT2D eigenvalue weighted by atomic mass is 10.1. The average molecular weight is 598 g/mol. The van der Waals surface area contributed by atoms with Crippen molar-refractivity contribution in [3.63, 3.8) is 0 Å². The van der Waals surface area contributed by atoms with Crippen molar-refractivity contribution in [1.82, 2.24) is 19.8 Å². The molecule has 2 aromatic rings. The van der Waals surface area contributed by atoms with E-state index in [-0.39, 0.29) is 30.8 Å². The molecule has 1 aromatic heterocycles. The number of rotatable bonds is 9. The van der Waals surface area contributed by atoms with Gasteiger partial charge in [0, 0.05) is 38.8 Å². The highest BCUT2D eigenvalue weighted by Gasteiger charge is 2.37. The van der Waals surface area contributed by atoms with Crippen LogP contribution in [0.3, 0.4) is 0 Å². The van der Waals surface area contributed by atoms with Crippen molar-refractivity contribution < 1.29 is 22.8 Å². The number of halogens is 3. The lowest BCUT2D eigenvalue weighted by Crippen LogP contribution is -2.58. The second kappa shape index (κ2) is 12.8. The van der Waals surface area contributed by atoms with Crippen molar-refractivity contribution in [2.45, 2.75) is 38.5 Å². The number of hydrogen-bond donors (Lipinski definition) is 0. The summed E-state index contributed by atoms with van der Waals surface area (Å²) in [6.07, 6.45) is -1.91. The molecular weight excluding hydrogens is 563 g/mol. The van der Waals surface area contributed by atoms with Gasteiger partial charge in [0.25, 0.3) is 0 Å². The summed E-state index contributed by atoms with van der Waals surface area (Å²) in [5, 5.41) is 14.2. The Kier molecular flexibility index (Phi) is 9.34. The number of carbonyl (C=O) groups is 2. The normalized spacial score (nSPS) is 17.7. The maximum atomic E-state index is 13.9. The molecule has 3 heterocycles. The molecule has 11 nitrogen and oxygen atoms in total. The first-order chi connectivity index (χ1) is 20.4. The number of amides is 2. The number of likely N-dealkylation sites (N-methyl/N-ethyl adjacent to an activating group) is 1. The van der Waals surface area contributed by atoms with Gasteiger partial charge in [0.2, 0.25) is 18.3 Å². The van der Waals surface area contributed by atoms with Crippen molar-refractivity contribution in [1.29, 1.82) is 5.26 Å². The number of benzene rings is 1. The van der Waals surface area contributed by atoms with E-state index in [4.69, 9.17) is 4.98 Å². The Labute approximate surface area is 248 Å². The van der Waals surface area contributed by atoms with Gasteiger partial charge in [0.05, 0.1) is 47.3 Å². The third-order valence-electron chi connectivity index (χ3n) is 7.74. The minimum atomic E-state index is -4.71.